The van der Waals surface area contributed by atoms with Crippen molar-refractivity contribution in [2.45, 2.75) is 6.42 Å². The van der Waals surface area contributed by atoms with Crippen LogP contribution in [0.2, 0.25) is 0 Å². The van der Waals surface area contributed by atoms with Crippen LogP contribution in [0.5, 0.6) is 0 Å². The Bertz CT molecular complexity index is 312. The summed E-state index contributed by atoms with van der Waals surface area (Å²) in [4.78, 5) is 0. The van der Waals surface area contributed by atoms with Gasteiger partial charge in [0, 0.05) is 5.69 Å². The number of hydrogen-bond donors (Lipinski definition) is 2. The molecule has 0 bridgehead atoms. The van der Waals surface area contributed by atoms with Gasteiger partial charge in [0.2, 0.25) is 0 Å². The molecule has 0 heterocycles. The topological polar surface area (TPSA) is 75.8 Å². The molecule has 0 aliphatic heterocycles. The minimum atomic E-state index is 0.578. The number of benzene rings is 1. The lowest BCUT2D eigenvalue weighted by molar-refractivity contribution is 0.969. The second kappa shape index (κ2) is 3.74. The summed E-state index contributed by atoms with van der Waals surface area (Å²) in [5.74, 6) is 0. The zero-order chi connectivity index (χ0) is 8.97. The number of nitrogens with zero attached hydrogens (tertiary/aromatic N) is 1. The third kappa shape index (κ3) is 1.97. The van der Waals surface area contributed by atoms with E-state index in [0.717, 1.165) is 12.0 Å². The van der Waals surface area contributed by atoms with Gasteiger partial charge in [0.05, 0.1) is 11.6 Å². The molecule has 0 atom stereocenters. The summed E-state index contributed by atoms with van der Waals surface area (Å²) in [6, 6.07) is 7.35. The molecule has 0 saturated heterocycles. The van der Waals surface area contributed by atoms with Gasteiger partial charge in [0.15, 0.2) is 0 Å². The molecule has 0 spiro atoms. The third-order valence-corrected chi connectivity index (χ3v) is 1.58. The molecular formula is C9H11N3. The molecule has 62 valence electrons. The van der Waals surface area contributed by atoms with E-state index >= 15 is 0 Å². The van der Waals surface area contributed by atoms with Gasteiger partial charge >= 0.3 is 0 Å². The van der Waals surface area contributed by atoms with Gasteiger partial charge in [-0.25, -0.2) is 0 Å². The van der Waals surface area contributed by atoms with E-state index in [9.17, 15) is 0 Å². The molecule has 0 saturated carbocycles. The van der Waals surface area contributed by atoms with E-state index in [0.29, 0.717) is 17.8 Å². The molecule has 1 aromatic rings. The number of nitrogen functional groups attached to an aromatic ring is 1. The Balaban J connectivity index is 3.00. The summed E-state index contributed by atoms with van der Waals surface area (Å²) in [6.45, 7) is 0.578. The second-order valence-corrected chi connectivity index (χ2v) is 2.61. The van der Waals surface area contributed by atoms with E-state index in [1.165, 1.54) is 0 Å². The highest BCUT2D eigenvalue weighted by atomic mass is 14.5. The fraction of sp³-hybridized carbons (Fsp3) is 0.222. The van der Waals surface area contributed by atoms with Crippen LogP contribution in [0, 0.1) is 11.3 Å². The van der Waals surface area contributed by atoms with Gasteiger partial charge in [0.25, 0.3) is 0 Å². The van der Waals surface area contributed by atoms with Gasteiger partial charge in [-0.15, -0.1) is 0 Å². The highest BCUT2D eigenvalue weighted by Crippen LogP contribution is 2.11. The monoisotopic (exact) mass is 161 g/mol. The first-order valence-electron chi connectivity index (χ1n) is 3.76. The Hall–Kier alpha value is -1.53. The van der Waals surface area contributed by atoms with Crippen molar-refractivity contribution in [1.82, 2.24) is 0 Å². The maximum Gasteiger partial charge on any atom is 0.0992 e. The van der Waals surface area contributed by atoms with Crippen LogP contribution < -0.4 is 11.5 Å². The van der Waals surface area contributed by atoms with E-state index < -0.39 is 0 Å². The molecular weight excluding hydrogens is 150 g/mol. The summed E-state index contributed by atoms with van der Waals surface area (Å²) >= 11 is 0. The normalized spacial score (nSPS) is 9.33. The van der Waals surface area contributed by atoms with Gasteiger partial charge < -0.3 is 11.5 Å². The van der Waals surface area contributed by atoms with Crippen LogP contribution in [0.15, 0.2) is 18.2 Å². The molecule has 12 heavy (non-hydrogen) atoms. The zero-order valence-electron chi connectivity index (χ0n) is 6.75. The molecule has 3 heteroatoms. The SMILES string of the molecule is N#Cc1cc(N)cc(CCN)c1. The molecule has 0 aromatic heterocycles. The van der Waals surface area contributed by atoms with Gasteiger partial charge in [-0.05, 0) is 36.7 Å². The van der Waals surface area contributed by atoms with Gasteiger partial charge in [-0.3, -0.25) is 0 Å². The summed E-state index contributed by atoms with van der Waals surface area (Å²) in [6.07, 6.45) is 0.764. The molecule has 1 aromatic carbocycles. The molecule has 1 rings (SSSR count). The minimum Gasteiger partial charge on any atom is -0.399 e. The van der Waals surface area contributed by atoms with Crippen molar-refractivity contribution < 1.29 is 0 Å². The summed E-state index contributed by atoms with van der Waals surface area (Å²) in [5, 5.41) is 8.62. The van der Waals surface area contributed by atoms with Crippen LogP contribution >= 0.6 is 0 Å². The predicted molar refractivity (Wildman–Crippen MR) is 48.3 cm³/mol. The lowest BCUT2D eigenvalue weighted by atomic mass is 10.1. The van der Waals surface area contributed by atoms with Crippen molar-refractivity contribution in [3.05, 3.63) is 29.3 Å². The van der Waals surface area contributed by atoms with Crippen molar-refractivity contribution in [2.24, 2.45) is 5.73 Å². The van der Waals surface area contributed by atoms with Gasteiger partial charge in [-0.2, -0.15) is 5.26 Å². The predicted octanol–water partition coefficient (Wildman–Crippen LogP) is 0.642. The van der Waals surface area contributed by atoms with Crippen LogP contribution in [0.1, 0.15) is 11.1 Å². The van der Waals surface area contributed by atoms with Crippen molar-refractivity contribution in [3.8, 4) is 6.07 Å². The fourth-order valence-electron chi connectivity index (χ4n) is 1.09. The van der Waals surface area contributed by atoms with Crippen LogP contribution in [0.3, 0.4) is 0 Å². The third-order valence-electron chi connectivity index (χ3n) is 1.58. The lowest BCUT2D eigenvalue weighted by Crippen LogP contribution is -2.03. The Kier molecular flexibility index (Phi) is 2.67. The number of nitriles is 1. The van der Waals surface area contributed by atoms with Crippen molar-refractivity contribution >= 4 is 5.69 Å². The molecule has 0 aliphatic rings. The Morgan fingerprint density at radius 2 is 2.08 bits per heavy atom. The quantitative estimate of drug-likeness (QED) is 0.625. The number of nitrogens with two attached hydrogens (primary N) is 2. The Morgan fingerprint density at radius 1 is 1.33 bits per heavy atom. The first-order valence-corrected chi connectivity index (χ1v) is 3.76. The van der Waals surface area contributed by atoms with Crippen molar-refractivity contribution in [1.29, 1.82) is 5.26 Å². The van der Waals surface area contributed by atoms with E-state index in [2.05, 4.69) is 0 Å². The number of rotatable bonds is 2. The molecule has 0 aliphatic carbocycles. The average molecular weight is 161 g/mol. The smallest absolute Gasteiger partial charge is 0.0992 e. The van der Waals surface area contributed by atoms with Crippen molar-refractivity contribution in [2.75, 3.05) is 12.3 Å². The van der Waals surface area contributed by atoms with Crippen LogP contribution in [0.25, 0.3) is 0 Å². The molecule has 3 nitrogen and oxygen atoms in total. The van der Waals surface area contributed by atoms with Gasteiger partial charge in [-0.1, -0.05) is 0 Å². The molecule has 0 unspecified atom stereocenters. The average Bonchev–Trinajstić information content (AvgIpc) is 2.04. The standard InChI is InChI=1S/C9H11N3/c10-2-1-7-3-8(6-11)5-9(12)4-7/h3-5H,1-2,10,12H2. The Morgan fingerprint density at radius 3 is 2.67 bits per heavy atom. The summed E-state index contributed by atoms with van der Waals surface area (Å²) in [5.41, 5.74) is 13.2. The Labute approximate surface area is 71.6 Å². The molecule has 0 amide bonds. The highest BCUT2D eigenvalue weighted by molar-refractivity contribution is 5.48. The van der Waals surface area contributed by atoms with Crippen LogP contribution in [-0.2, 0) is 6.42 Å². The maximum absolute atomic E-state index is 8.62. The van der Waals surface area contributed by atoms with Gasteiger partial charge in [0.1, 0.15) is 0 Å². The van der Waals surface area contributed by atoms with Crippen LogP contribution in [-0.4, -0.2) is 6.54 Å². The number of hydrogen-bond acceptors (Lipinski definition) is 3. The first kappa shape index (κ1) is 8.57. The van der Waals surface area contributed by atoms with E-state index in [4.69, 9.17) is 16.7 Å². The fourth-order valence-corrected chi connectivity index (χ4v) is 1.09. The molecule has 0 fully saturated rings. The van der Waals surface area contributed by atoms with E-state index in [1.807, 2.05) is 18.2 Å². The first-order chi connectivity index (χ1) is 5.76. The van der Waals surface area contributed by atoms with Crippen LogP contribution in [0.4, 0.5) is 5.69 Å². The minimum absolute atomic E-state index is 0.578. The molecule has 0 radical (unpaired) electrons. The second-order valence-electron chi connectivity index (χ2n) is 2.61. The summed E-state index contributed by atoms with van der Waals surface area (Å²) < 4.78 is 0. The lowest BCUT2D eigenvalue weighted by Gasteiger charge is -2.00. The number of anilines is 1. The highest BCUT2D eigenvalue weighted by Gasteiger charge is 1.96. The van der Waals surface area contributed by atoms with Crippen molar-refractivity contribution in [3.63, 3.8) is 0 Å². The van der Waals surface area contributed by atoms with E-state index in [-0.39, 0.29) is 0 Å². The maximum atomic E-state index is 8.62. The summed E-state index contributed by atoms with van der Waals surface area (Å²) in [7, 11) is 0. The molecule has 4 N–H and O–H groups in total. The largest absolute Gasteiger partial charge is 0.399 e. The zero-order valence-corrected chi connectivity index (χ0v) is 6.75. The van der Waals surface area contributed by atoms with E-state index in [1.54, 1.807) is 6.07 Å².